The summed E-state index contributed by atoms with van der Waals surface area (Å²) in [6.45, 7) is 7.95. The Labute approximate surface area is 126 Å². The van der Waals surface area contributed by atoms with Crippen LogP contribution in [0.25, 0.3) is 0 Å². The number of amides is 1. The van der Waals surface area contributed by atoms with Gasteiger partial charge >= 0.3 is 5.97 Å². The molecule has 0 saturated heterocycles. The van der Waals surface area contributed by atoms with Crippen LogP contribution in [0.3, 0.4) is 0 Å². The third-order valence-electron chi connectivity index (χ3n) is 3.61. The molecular formula is C16H24N2O3. The summed E-state index contributed by atoms with van der Waals surface area (Å²) in [7, 11) is 0. The summed E-state index contributed by atoms with van der Waals surface area (Å²) >= 11 is 0. The fourth-order valence-corrected chi connectivity index (χ4v) is 2.14. The number of carboxylic acids is 1. The highest BCUT2D eigenvalue weighted by Crippen LogP contribution is 2.15. The van der Waals surface area contributed by atoms with Crippen LogP contribution in [-0.4, -0.2) is 36.6 Å². The van der Waals surface area contributed by atoms with Gasteiger partial charge in [-0.25, -0.2) is 0 Å². The third kappa shape index (κ3) is 4.77. The molecule has 0 aromatic heterocycles. The first-order chi connectivity index (χ1) is 10.0. The number of carbonyl (C=O) groups excluding carboxylic acids is 1. The Morgan fingerprint density at radius 1 is 1.14 bits per heavy atom. The minimum atomic E-state index is -0.880. The number of benzene rings is 1. The van der Waals surface area contributed by atoms with E-state index in [0.717, 1.165) is 18.8 Å². The molecule has 0 spiro atoms. The second-order valence-electron chi connectivity index (χ2n) is 4.87. The summed E-state index contributed by atoms with van der Waals surface area (Å²) in [6.07, 6.45) is 0.497. The summed E-state index contributed by atoms with van der Waals surface area (Å²) in [6, 6.07) is 7.36. The molecule has 1 amide bonds. The van der Waals surface area contributed by atoms with E-state index in [4.69, 9.17) is 5.11 Å². The molecule has 0 aliphatic carbocycles. The van der Waals surface area contributed by atoms with Crippen molar-refractivity contribution in [2.45, 2.75) is 27.2 Å². The number of aliphatic carboxylic acids is 1. The Kier molecular flexibility index (Phi) is 6.72. The van der Waals surface area contributed by atoms with Crippen LogP contribution in [0.4, 0.5) is 5.69 Å². The molecule has 5 heteroatoms. The van der Waals surface area contributed by atoms with E-state index >= 15 is 0 Å². The van der Waals surface area contributed by atoms with Crippen LogP contribution in [0.5, 0.6) is 0 Å². The number of carbonyl (C=O) groups is 2. The minimum absolute atomic E-state index is 0.155. The fraction of sp³-hybridized carbons (Fsp3) is 0.500. The van der Waals surface area contributed by atoms with Crippen molar-refractivity contribution in [3.8, 4) is 0 Å². The lowest BCUT2D eigenvalue weighted by Gasteiger charge is -2.21. The maximum Gasteiger partial charge on any atom is 0.308 e. The maximum absolute atomic E-state index is 12.0. The first kappa shape index (κ1) is 17.0. The second-order valence-corrected chi connectivity index (χ2v) is 4.87. The molecule has 0 heterocycles. The van der Waals surface area contributed by atoms with E-state index in [9.17, 15) is 9.59 Å². The van der Waals surface area contributed by atoms with Crippen LogP contribution in [-0.2, 0) is 4.79 Å². The molecule has 1 aromatic rings. The van der Waals surface area contributed by atoms with Crippen LogP contribution in [0.2, 0.25) is 0 Å². The van der Waals surface area contributed by atoms with Gasteiger partial charge in [0.2, 0.25) is 0 Å². The summed E-state index contributed by atoms with van der Waals surface area (Å²) < 4.78 is 0. The molecule has 0 saturated carbocycles. The fourth-order valence-electron chi connectivity index (χ4n) is 2.14. The van der Waals surface area contributed by atoms with E-state index in [1.54, 1.807) is 19.1 Å². The number of carboxylic acid groups (broad SMARTS) is 1. The number of anilines is 1. The topological polar surface area (TPSA) is 69.6 Å². The standard InChI is InChI=1S/C16H24N2O3/c1-4-12(16(20)21)11-17-15(19)13-7-9-14(10-8-13)18(5-2)6-3/h7-10,12H,4-6,11H2,1-3H3,(H,17,19)(H,20,21). The van der Waals surface area contributed by atoms with Gasteiger partial charge < -0.3 is 15.3 Å². The monoisotopic (exact) mass is 292 g/mol. The van der Waals surface area contributed by atoms with Gasteiger partial charge in [0.25, 0.3) is 5.91 Å². The Morgan fingerprint density at radius 2 is 1.71 bits per heavy atom. The number of nitrogens with one attached hydrogen (secondary N) is 1. The maximum atomic E-state index is 12.0. The van der Waals surface area contributed by atoms with Crippen molar-refractivity contribution in [3.05, 3.63) is 29.8 Å². The zero-order valence-corrected chi connectivity index (χ0v) is 12.9. The quantitative estimate of drug-likeness (QED) is 0.772. The zero-order valence-electron chi connectivity index (χ0n) is 12.9. The Morgan fingerprint density at radius 3 is 2.14 bits per heavy atom. The molecule has 1 rings (SSSR count). The minimum Gasteiger partial charge on any atom is -0.481 e. The van der Waals surface area contributed by atoms with Crippen molar-refractivity contribution in [1.82, 2.24) is 5.32 Å². The van der Waals surface area contributed by atoms with Gasteiger partial charge in [0.1, 0.15) is 0 Å². The van der Waals surface area contributed by atoms with Crippen molar-refractivity contribution in [2.75, 3.05) is 24.5 Å². The lowest BCUT2D eigenvalue weighted by molar-refractivity contribution is -0.141. The predicted octanol–water partition coefficient (Wildman–Crippen LogP) is 2.37. The van der Waals surface area contributed by atoms with Gasteiger partial charge in [-0.1, -0.05) is 6.92 Å². The van der Waals surface area contributed by atoms with Gasteiger partial charge in [-0.3, -0.25) is 9.59 Å². The van der Waals surface area contributed by atoms with Crippen LogP contribution in [0.1, 0.15) is 37.6 Å². The van der Waals surface area contributed by atoms with E-state index in [0.29, 0.717) is 12.0 Å². The Hall–Kier alpha value is -2.04. The van der Waals surface area contributed by atoms with Crippen LogP contribution < -0.4 is 10.2 Å². The largest absolute Gasteiger partial charge is 0.481 e. The molecular weight excluding hydrogens is 268 g/mol. The van der Waals surface area contributed by atoms with Crippen molar-refractivity contribution in [2.24, 2.45) is 5.92 Å². The summed E-state index contributed by atoms with van der Waals surface area (Å²) in [5.41, 5.74) is 1.62. The van der Waals surface area contributed by atoms with Crippen molar-refractivity contribution < 1.29 is 14.7 Å². The summed E-state index contributed by atoms with van der Waals surface area (Å²) in [5.74, 6) is -1.65. The summed E-state index contributed by atoms with van der Waals surface area (Å²) in [4.78, 5) is 25.1. The molecule has 1 aromatic carbocycles. The van der Waals surface area contributed by atoms with Gasteiger partial charge in [-0.05, 0) is 44.5 Å². The highest BCUT2D eigenvalue weighted by Gasteiger charge is 2.16. The van der Waals surface area contributed by atoms with E-state index < -0.39 is 11.9 Å². The molecule has 21 heavy (non-hydrogen) atoms. The van der Waals surface area contributed by atoms with Gasteiger partial charge in [-0.15, -0.1) is 0 Å². The molecule has 2 N–H and O–H groups in total. The Bertz CT molecular complexity index is 467. The lowest BCUT2D eigenvalue weighted by atomic mass is 10.1. The first-order valence-electron chi connectivity index (χ1n) is 7.39. The van der Waals surface area contributed by atoms with Gasteiger partial charge in [0, 0.05) is 30.9 Å². The average Bonchev–Trinajstić information content (AvgIpc) is 2.49. The molecule has 1 atom stereocenters. The smallest absolute Gasteiger partial charge is 0.308 e. The van der Waals surface area contributed by atoms with Gasteiger partial charge in [0.05, 0.1) is 5.92 Å². The molecule has 5 nitrogen and oxygen atoms in total. The normalized spacial score (nSPS) is 11.8. The molecule has 0 aliphatic rings. The van der Waals surface area contributed by atoms with Crippen molar-refractivity contribution >= 4 is 17.6 Å². The highest BCUT2D eigenvalue weighted by molar-refractivity contribution is 5.94. The lowest BCUT2D eigenvalue weighted by Crippen LogP contribution is -2.32. The van der Waals surface area contributed by atoms with E-state index in [-0.39, 0.29) is 12.5 Å². The van der Waals surface area contributed by atoms with Crippen molar-refractivity contribution in [1.29, 1.82) is 0 Å². The zero-order chi connectivity index (χ0) is 15.8. The van der Waals surface area contributed by atoms with Gasteiger partial charge in [0.15, 0.2) is 0 Å². The number of rotatable bonds is 8. The SMILES string of the molecule is CCC(CNC(=O)c1ccc(N(CC)CC)cc1)C(=O)O. The second kappa shape index (κ2) is 8.29. The summed E-state index contributed by atoms with van der Waals surface area (Å²) in [5, 5.41) is 11.6. The van der Waals surface area contributed by atoms with Gasteiger partial charge in [-0.2, -0.15) is 0 Å². The average molecular weight is 292 g/mol. The van der Waals surface area contributed by atoms with Crippen molar-refractivity contribution in [3.63, 3.8) is 0 Å². The number of hydrogen-bond donors (Lipinski definition) is 2. The van der Waals surface area contributed by atoms with Crippen LogP contribution in [0, 0.1) is 5.92 Å². The number of nitrogens with zero attached hydrogens (tertiary/aromatic N) is 1. The van der Waals surface area contributed by atoms with E-state index in [1.807, 2.05) is 12.1 Å². The molecule has 1 unspecified atom stereocenters. The predicted molar refractivity (Wildman–Crippen MR) is 83.8 cm³/mol. The highest BCUT2D eigenvalue weighted by atomic mass is 16.4. The molecule has 0 radical (unpaired) electrons. The van der Waals surface area contributed by atoms with Crippen LogP contribution >= 0.6 is 0 Å². The molecule has 0 bridgehead atoms. The van der Waals surface area contributed by atoms with Crippen LogP contribution in [0.15, 0.2) is 24.3 Å². The molecule has 0 fully saturated rings. The first-order valence-corrected chi connectivity index (χ1v) is 7.39. The third-order valence-corrected chi connectivity index (χ3v) is 3.61. The van der Waals surface area contributed by atoms with E-state index in [1.165, 1.54) is 0 Å². The van der Waals surface area contributed by atoms with E-state index in [2.05, 4.69) is 24.1 Å². The Balaban J connectivity index is 2.65. The molecule has 116 valence electrons. The number of hydrogen-bond acceptors (Lipinski definition) is 3. The molecule has 0 aliphatic heterocycles.